The number of hydrogen-bond acceptors (Lipinski definition) is 2. The minimum atomic E-state index is -0.401. The van der Waals surface area contributed by atoms with E-state index < -0.39 is 4.92 Å². The number of anilines is 1. The van der Waals surface area contributed by atoms with Crippen LogP contribution in [-0.2, 0) is 0 Å². The second kappa shape index (κ2) is 8.78. The highest BCUT2D eigenvalue weighted by Crippen LogP contribution is 2.13. The SMILES string of the molecule is Cc1ccc([NH+]=C(Nc2ccccc2)c2ccc([N+](=O)[O-])cc2)cc1.[Cl-]. The molecule has 0 aliphatic carbocycles. The van der Waals surface area contributed by atoms with Crippen molar-refractivity contribution in [3.63, 3.8) is 0 Å². The fourth-order valence-electron chi connectivity index (χ4n) is 2.37. The van der Waals surface area contributed by atoms with Crippen molar-refractivity contribution in [1.82, 2.24) is 0 Å². The molecule has 3 aromatic rings. The monoisotopic (exact) mass is 367 g/mol. The van der Waals surface area contributed by atoms with Gasteiger partial charge in [-0.15, -0.1) is 0 Å². The van der Waals surface area contributed by atoms with Gasteiger partial charge >= 0.3 is 0 Å². The van der Waals surface area contributed by atoms with Crippen LogP contribution in [0.15, 0.2) is 78.9 Å². The van der Waals surface area contributed by atoms with Crippen molar-refractivity contribution in [3.05, 3.63) is 100 Å². The topological polar surface area (TPSA) is 69.1 Å². The molecule has 0 aliphatic rings. The number of amidine groups is 1. The molecule has 0 aromatic heterocycles. The zero-order valence-corrected chi connectivity index (χ0v) is 14.9. The average Bonchev–Trinajstić information content (AvgIpc) is 2.64. The summed E-state index contributed by atoms with van der Waals surface area (Å²) in [5, 5.41) is 14.2. The summed E-state index contributed by atoms with van der Waals surface area (Å²) in [5.74, 6) is 0.755. The Morgan fingerprint density at radius 2 is 1.54 bits per heavy atom. The van der Waals surface area contributed by atoms with Gasteiger partial charge < -0.3 is 12.4 Å². The molecule has 0 aliphatic heterocycles. The van der Waals surface area contributed by atoms with E-state index in [4.69, 9.17) is 0 Å². The number of nitro groups is 1. The van der Waals surface area contributed by atoms with Gasteiger partial charge in [0.25, 0.3) is 11.5 Å². The van der Waals surface area contributed by atoms with Gasteiger partial charge in [0.05, 0.1) is 10.5 Å². The number of benzene rings is 3. The Bertz CT molecular complexity index is 893. The Morgan fingerprint density at radius 1 is 0.923 bits per heavy atom. The fraction of sp³-hybridized carbons (Fsp3) is 0.0500. The molecule has 0 amide bonds. The smallest absolute Gasteiger partial charge is 0.285 e. The second-order valence-corrected chi connectivity index (χ2v) is 5.66. The largest absolute Gasteiger partial charge is 1.00 e. The highest BCUT2D eigenvalue weighted by atomic mass is 35.5. The summed E-state index contributed by atoms with van der Waals surface area (Å²) in [6, 6.07) is 24.3. The summed E-state index contributed by atoms with van der Waals surface area (Å²) in [6.45, 7) is 2.03. The molecule has 0 bridgehead atoms. The van der Waals surface area contributed by atoms with Crippen LogP contribution in [0.4, 0.5) is 17.1 Å². The average molecular weight is 368 g/mol. The van der Waals surface area contributed by atoms with Gasteiger partial charge in [-0.1, -0.05) is 35.9 Å². The number of nitro benzene ring substituents is 1. The first-order valence-corrected chi connectivity index (χ1v) is 7.89. The van der Waals surface area contributed by atoms with E-state index >= 15 is 0 Å². The van der Waals surface area contributed by atoms with E-state index in [1.54, 1.807) is 12.1 Å². The van der Waals surface area contributed by atoms with Gasteiger partial charge in [-0.25, -0.2) is 10.3 Å². The van der Waals surface area contributed by atoms with Crippen molar-refractivity contribution in [2.24, 2.45) is 0 Å². The van der Waals surface area contributed by atoms with E-state index in [1.807, 2.05) is 61.5 Å². The van der Waals surface area contributed by atoms with Crippen LogP contribution in [-0.4, -0.2) is 10.8 Å². The molecule has 132 valence electrons. The summed E-state index contributed by atoms with van der Waals surface area (Å²) in [6.07, 6.45) is 0. The molecule has 0 spiro atoms. The van der Waals surface area contributed by atoms with Crippen LogP contribution >= 0.6 is 0 Å². The Morgan fingerprint density at radius 3 is 2.12 bits per heavy atom. The van der Waals surface area contributed by atoms with E-state index in [0.29, 0.717) is 0 Å². The molecule has 6 heteroatoms. The molecule has 0 radical (unpaired) electrons. The minimum absolute atomic E-state index is 0. The quantitative estimate of drug-likeness (QED) is 0.299. The van der Waals surface area contributed by atoms with E-state index in [0.717, 1.165) is 22.8 Å². The van der Waals surface area contributed by atoms with E-state index in [-0.39, 0.29) is 18.1 Å². The zero-order chi connectivity index (χ0) is 17.6. The first kappa shape index (κ1) is 19.1. The van der Waals surface area contributed by atoms with E-state index in [1.165, 1.54) is 17.7 Å². The van der Waals surface area contributed by atoms with Crippen LogP contribution in [0.5, 0.6) is 0 Å². The molecule has 0 fully saturated rings. The van der Waals surface area contributed by atoms with Gasteiger partial charge in [0.2, 0.25) is 0 Å². The highest BCUT2D eigenvalue weighted by Gasteiger charge is 2.14. The van der Waals surface area contributed by atoms with Gasteiger partial charge in [0.15, 0.2) is 0 Å². The number of non-ortho nitro benzene ring substituents is 1. The number of para-hydroxylation sites is 1. The van der Waals surface area contributed by atoms with E-state index in [2.05, 4.69) is 10.3 Å². The van der Waals surface area contributed by atoms with Crippen molar-refractivity contribution in [3.8, 4) is 0 Å². The third-order valence-electron chi connectivity index (χ3n) is 3.73. The van der Waals surface area contributed by atoms with Crippen LogP contribution in [0.2, 0.25) is 0 Å². The lowest BCUT2D eigenvalue weighted by molar-refractivity contribution is -0.384. The molecule has 5 nitrogen and oxygen atoms in total. The summed E-state index contributed by atoms with van der Waals surface area (Å²) < 4.78 is 0. The number of nitrogens with zero attached hydrogens (tertiary/aromatic N) is 1. The number of aryl methyl sites for hydroxylation is 1. The Kier molecular flexibility index (Phi) is 6.47. The molecule has 3 aromatic carbocycles. The van der Waals surface area contributed by atoms with Gasteiger partial charge in [-0.2, -0.15) is 0 Å². The normalized spacial score (nSPS) is 10.7. The molecule has 0 unspecified atom stereocenters. The van der Waals surface area contributed by atoms with Crippen LogP contribution in [0.3, 0.4) is 0 Å². The first-order chi connectivity index (χ1) is 12.1. The Balaban J connectivity index is 0.00000243. The lowest BCUT2D eigenvalue weighted by atomic mass is 10.1. The van der Waals surface area contributed by atoms with Crippen LogP contribution < -0.4 is 22.7 Å². The van der Waals surface area contributed by atoms with Crippen molar-refractivity contribution in [2.45, 2.75) is 6.92 Å². The van der Waals surface area contributed by atoms with Crippen molar-refractivity contribution in [1.29, 1.82) is 0 Å². The summed E-state index contributed by atoms with van der Waals surface area (Å²) >= 11 is 0. The Hall–Kier alpha value is -3.18. The van der Waals surface area contributed by atoms with Crippen LogP contribution in [0, 0.1) is 17.0 Å². The maximum Gasteiger partial charge on any atom is 0.285 e. The summed E-state index contributed by atoms with van der Waals surface area (Å²) in [5.41, 5.74) is 3.93. The molecule has 26 heavy (non-hydrogen) atoms. The van der Waals surface area contributed by atoms with Gasteiger partial charge in [0.1, 0.15) is 11.4 Å². The van der Waals surface area contributed by atoms with Gasteiger partial charge in [-0.05, 0) is 43.3 Å². The maximum atomic E-state index is 10.9. The fourth-order valence-corrected chi connectivity index (χ4v) is 2.37. The van der Waals surface area contributed by atoms with Gasteiger partial charge in [-0.3, -0.25) is 10.1 Å². The lowest BCUT2D eigenvalue weighted by Crippen LogP contribution is -3.00. The third-order valence-corrected chi connectivity index (χ3v) is 3.73. The molecular formula is C20H18ClN3O2. The third kappa shape index (κ3) is 4.91. The predicted octanol–water partition coefficient (Wildman–Crippen LogP) is 0.178. The number of halogens is 1. The summed E-state index contributed by atoms with van der Waals surface area (Å²) in [7, 11) is 0. The number of rotatable bonds is 4. The van der Waals surface area contributed by atoms with E-state index in [9.17, 15) is 10.1 Å². The van der Waals surface area contributed by atoms with Crippen molar-refractivity contribution < 1.29 is 22.3 Å². The molecular weight excluding hydrogens is 350 g/mol. The standard InChI is InChI=1S/C20H17N3O2.ClH/c1-15-7-11-18(12-8-15)22-20(21-17-5-3-2-4-6-17)16-9-13-19(14-10-16)23(24)25;/h2-14H,1H3,(H,21,22);1H. The number of hydrogen-bond donors (Lipinski definition) is 2. The van der Waals surface area contributed by atoms with Crippen LogP contribution in [0.1, 0.15) is 11.1 Å². The molecule has 0 heterocycles. The molecule has 3 rings (SSSR count). The molecule has 0 saturated heterocycles. The predicted molar refractivity (Wildman–Crippen MR) is 99.1 cm³/mol. The van der Waals surface area contributed by atoms with Crippen molar-refractivity contribution >= 4 is 22.9 Å². The Labute approximate surface area is 158 Å². The molecule has 2 N–H and O–H groups in total. The van der Waals surface area contributed by atoms with Crippen LogP contribution in [0.25, 0.3) is 0 Å². The molecule has 0 atom stereocenters. The molecule has 0 saturated carbocycles. The highest BCUT2D eigenvalue weighted by molar-refractivity contribution is 6.04. The minimum Gasteiger partial charge on any atom is -1.00 e. The summed E-state index contributed by atoms with van der Waals surface area (Å²) in [4.78, 5) is 13.8. The second-order valence-electron chi connectivity index (χ2n) is 5.66. The van der Waals surface area contributed by atoms with Crippen molar-refractivity contribution in [2.75, 3.05) is 5.32 Å². The first-order valence-electron chi connectivity index (χ1n) is 7.89. The zero-order valence-electron chi connectivity index (χ0n) is 14.1. The lowest BCUT2D eigenvalue weighted by Gasteiger charge is -2.04. The van der Waals surface area contributed by atoms with Gasteiger partial charge in [0, 0.05) is 12.1 Å². The maximum absolute atomic E-state index is 10.9. The number of nitrogens with one attached hydrogen (secondary N) is 2.